The SMILES string of the molecule is CCN(Cc1cccc(F)c1)C(=O)C1CSCN1. The Morgan fingerprint density at radius 1 is 1.61 bits per heavy atom. The summed E-state index contributed by atoms with van der Waals surface area (Å²) in [6.07, 6.45) is 0. The van der Waals surface area contributed by atoms with Gasteiger partial charge in [0, 0.05) is 24.7 Å². The lowest BCUT2D eigenvalue weighted by Gasteiger charge is -2.24. The van der Waals surface area contributed by atoms with Crippen LogP contribution in [0.4, 0.5) is 4.39 Å². The predicted molar refractivity (Wildman–Crippen MR) is 71.7 cm³/mol. The summed E-state index contributed by atoms with van der Waals surface area (Å²) in [4.78, 5) is 14.0. The fourth-order valence-corrected chi connectivity index (χ4v) is 2.91. The van der Waals surface area contributed by atoms with E-state index in [0.717, 1.165) is 17.2 Å². The van der Waals surface area contributed by atoms with E-state index in [0.29, 0.717) is 13.1 Å². The van der Waals surface area contributed by atoms with Gasteiger partial charge in [-0.1, -0.05) is 12.1 Å². The standard InChI is InChI=1S/C13H17FN2OS/c1-2-16(13(17)12-8-18-9-15-12)7-10-4-3-5-11(14)6-10/h3-6,12,15H,2,7-9H2,1H3. The van der Waals surface area contributed by atoms with Gasteiger partial charge in [-0.25, -0.2) is 4.39 Å². The monoisotopic (exact) mass is 268 g/mol. The van der Waals surface area contributed by atoms with Crippen LogP contribution in [0.2, 0.25) is 0 Å². The Bertz CT molecular complexity index is 421. The minimum Gasteiger partial charge on any atom is -0.337 e. The molecule has 0 spiro atoms. The van der Waals surface area contributed by atoms with Gasteiger partial charge in [0.05, 0.1) is 6.04 Å². The summed E-state index contributed by atoms with van der Waals surface area (Å²) in [5, 5.41) is 3.17. The molecule has 1 aromatic rings. The molecule has 0 aromatic heterocycles. The van der Waals surface area contributed by atoms with E-state index < -0.39 is 0 Å². The lowest BCUT2D eigenvalue weighted by atomic mass is 10.2. The van der Waals surface area contributed by atoms with E-state index in [1.54, 1.807) is 22.7 Å². The zero-order valence-corrected chi connectivity index (χ0v) is 11.2. The van der Waals surface area contributed by atoms with Gasteiger partial charge in [0.25, 0.3) is 0 Å². The third kappa shape index (κ3) is 3.23. The minimum absolute atomic E-state index is 0.0940. The number of nitrogens with zero attached hydrogens (tertiary/aromatic N) is 1. The Hall–Kier alpha value is -1.07. The van der Waals surface area contributed by atoms with Crippen molar-refractivity contribution in [3.8, 4) is 0 Å². The number of amides is 1. The first-order valence-corrected chi connectivity index (χ1v) is 7.20. The molecule has 98 valence electrons. The lowest BCUT2D eigenvalue weighted by Crippen LogP contribution is -2.44. The van der Waals surface area contributed by atoms with Crippen molar-refractivity contribution in [3.05, 3.63) is 35.6 Å². The van der Waals surface area contributed by atoms with Gasteiger partial charge in [0.2, 0.25) is 5.91 Å². The number of benzene rings is 1. The molecule has 1 fully saturated rings. The topological polar surface area (TPSA) is 32.3 Å². The average Bonchev–Trinajstić information content (AvgIpc) is 2.89. The van der Waals surface area contributed by atoms with Crippen molar-refractivity contribution in [2.24, 2.45) is 0 Å². The fourth-order valence-electron chi connectivity index (χ4n) is 1.98. The Kier molecular flexibility index (Phi) is 4.60. The van der Waals surface area contributed by atoms with Gasteiger partial charge in [-0.2, -0.15) is 0 Å². The molecule has 0 bridgehead atoms. The van der Waals surface area contributed by atoms with E-state index in [9.17, 15) is 9.18 Å². The number of nitrogens with one attached hydrogen (secondary N) is 1. The highest BCUT2D eigenvalue weighted by molar-refractivity contribution is 7.99. The Balaban J connectivity index is 2.02. The van der Waals surface area contributed by atoms with Crippen molar-refractivity contribution >= 4 is 17.7 Å². The second kappa shape index (κ2) is 6.20. The number of hydrogen-bond acceptors (Lipinski definition) is 3. The van der Waals surface area contributed by atoms with E-state index in [4.69, 9.17) is 0 Å². The largest absolute Gasteiger partial charge is 0.337 e. The van der Waals surface area contributed by atoms with Gasteiger partial charge in [0.15, 0.2) is 0 Å². The van der Waals surface area contributed by atoms with Gasteiger partial charge < -0.3 is 4.90 Å². The smallest absolute Gasteiger partial charge is 0.240 e. The van der Waals surface area contributed by atoms with E-state index in [1.807, 2.05) is 13.0 Å². The molecule has 0 radical (unpaired) electrons. The molecule has 1 saturated heterocycles. The highest BCUT2D eigenvalue weighted by Gasteiger charge is 2.26. The highest BCUT2D eigenvalue weighted by atomic mass is 32.2. The summed E-state index contributed by atoms with van der Waals surface area (Å²) in [7, 11) is 0. The van der Waals surface area contributed by atoms with Crippen molar-refractivity contribution in [1.82, 2.24) is 10.2 Å². The number of halogens is 1. The van der Waals surface area contributed by atoms with Gasteiger partial charge >= 0.3 is 0 Å². The second-order valence-electron chi connectivity index (χ2n) is 4.25. The predicted octanol–water partition coefficient (Wildman–Crippen LogP) is 1.84. The van der Waals surface area contributed by atoms with Crippen LogP contribution in [0.25, 0.3) is 0 Å². The molecule has 2 rings (SSSR count). The minimum atomic E-state index is -0.259. The van der Waals surface area contributed by atoms with Crippen molar-refractivity contribution in [1.29, 1.82) is 0 Å². The third-order valence-corrected chi connectivity index (χ3v) is 3.91. The van der Waals surface area contributed by atoms with Crippen molar-refractivity contribution in [3.63, 3.8) is 0 Å². The summed E-state index contributed by atoms with van der Waals surface area (Å²) >= 11 is 1.73. The molecule has 1 atom stereocenters. The number of carbonyl (C=O) groups is 1. The van der Waals surface area contributed by atoms with Gasteiger partial charge in [-0.3, -0.25) is 10.1 Å². The molecule has 1 aliphatic rings. The normalized spacial score (nSPS) is 18.9. The quantitative estimate of drug-likeness (QED) is 0.904. The zero-order valence-electron chi connectivity index (χ0n) is 10.4. The summed E-state index contributed by atoms with van der Waals surface area (Å²) in [5.74, 6) is 1.49. The van der Waals surface area contributed by atoms with Gasteiger partial charge in [-0.15, -0.1) is 11.8 Å². The average molecular weight is 268 g/mol. The summed E-state index contributed by atoms with van der Waals surface area (Å²) in [5.41, 5.74) is 0.829. The fraction of sp³-hybridized carbons (Fsp3) is 0.462. The van der Waals surface area contributed by atoms with Gasteiger partial charge in [-0.05, 0) is 24.6 Å². The number of likely N-dealkylation sites (N-methyl/N-ethyl adjacent to an activating group) is 1. The van der Waals surface area contributed by atoms with Crippen LogP contribution >= 0.6 is 11.8 Å². The van der Waals surface area contributed by atoms with Crippen LogP contribution in [0.15, 0.2) is 24.3 Å². The van der Waals surface area contributed by atoms with E-state index in [1.165, 1.54) is 12.1 Å². The van der Waals surface area contributed by atoms with Crippen LogP contribution in [0.1, 0.15) is 12.5 Å². The Morgan fingerprint density at radius 2 is 2.44 bits per heavy atom. The van der Waals surface area contributed by atoms with Crippen LogP contribution < -0.4 is 5.32 Å². The maximum atomic E-state index is 13.1. The first-order valence-electron chi connectivity index (χ1n) is 6.05. The molecule has 3 nitrogen and oxygen atoms in total. The number of thioether (sulfide) groups is 1. The Morgan fingerprint density at radius 3 is 3.06 bits per heavy atom. The third-order valence-electron chi connectivity index (χ3n) is 2.97. The molecule has 0 aliphatic carbocycles. The maximum Gasteiger partial charge on any atom is 0.240 e. The molecule has 5 heteroatoms. The molecule has 1 aliphatic heterocycles. The lowest BCUT2D eigenvalue weighted by molar-refractivity contribution is -0.133. The molecule has 1 heterocycles. The van der Waals surface area contributed by atoms with Crippen LogP contribution in [0, 0.1) is 5.82 Å². The molecular weight excluding hydrogens is 251 g/mol. The zero-order chi connectivity index (χ0) is 13.0. The number of hydrogen-bond donors (Lipinski definition) is 1. The molecule has 1 unspecified atom stereocenters. The molecule has 0 saturated carbocycles. The maximum absolute atomic E-state index is 13.1. The van der Waals surface area contributed by atoms with Crippen molar-refractivity contribution < 1.29 is 9.18 Å². The van der Waals surface area contributed by atoms with E-state index in [2.05, 4.69) is 5.32 Å². The van der Waals surface area contributed by atoms with Crippen LogP contribution in [-0.2, 0) is 11.3 Å². The molecule has 18 heavy (non-hydrogen) atoms. The van der Waals surface area contributed by atoms with E-state index >= 15 is 0 Å². The summed E-state index contributed by atoms with van der Waals surface area (Å²) < 4.78 is 13.1. The van der Waals surface area contributed by atoms with Crippen LogP contribution in [0.3, 0.4) is 0 Å². The van der Waals surface area contributed by atoms with Crippen molar-refractivity contribution in [2.45, 2.75) is 19.5 Å². The highest BCUT2D eigenvalue weighted by Crippen LogP contribution is 2.14. The first-order chi connectivity index (χ1) is 8.70. The molecule has 1 amide bonds. The second-order valence-corrected chi connectivity index (χ2v) is 5.28. The molecule has 1 N–H and O–H groups in total. The summed E-state index contributed by atoms with van der Waals surface area (Å²) in [6, 6.07) is 6.31. The number of rotatable bonds is 4. The van der Waals surface area contributed by atoms with Crippen LogP contribution in [-0.4, -0.2) is 35.0 Å². The first kappa shape index (κ1) is 13.4. The van der Waals surface area contributed by atoms with Crippen molar-refractivity contribution in [2.75, 3.05) is 18.2 Å². The van der Waals surface area contributed by atoms with E-state index in [-0.39, 0.29) is 17.8 Å². The molecular formula is C13H17FN2OS. The van der Waals surface area contributed by atoms with Crippen LogP contribution in [0.5, 0.6) is 0 Å². The summed E-state index contributed by atoms with van der Waals surface area (Å²) in [6.45, 7) is 3.05. The van der Waals surface area contributed by atoms with Gasteiger partial charge in [0.1, 0.15) is 5.82 Å². The Labute approximate surface area is 111 Å². The number of carbonyl (C=O) groups excluding carboxylic acids is 1. The molecule has 1 aromatic carbocycles.